The highest BCUT2D eigenvalue weighted by Gasteiger charge is 2.54. The van der Waals surface area contributed by atoms with E-state index in [9.17, 15) is 19.2 Å². The Morgan fingerprint density at radius 3 is 1.31 bits per heavy atom. The van der Waals surface area contributed by atoms with Crippen molar-refractivity contribution in [2.24, 2.45) is 0 Å². The second-order valence-corrected chi connectivity index (χ2v) is 13.3. The molecular weight excluding hydrogens is 625 g/mol. The summed E-state index contributed by atoms with van der Waals surface area (Å²) < 4.78 is 5.23. The second-order valence-electron chi connectivity index (χ2n) is 12.3. The number of rotatable bonds is 8. The van der Waals surface area contributed by atoms with Crippen LogP contribution in [0.2, 0.25) is 0 Å². The van der Waals surface area contributed by atoms with Gasteiger partial charge in [0, 0.05) is 31.9 Å². The molecule has 244 valence electrons. The van der Waals surface area contributed by atoms with Gasteiger partial charge in [0.2, 0.25) is 5.12 Å². The first-order chi connectivity index (χ1) is 23.5. The fourth-order valence-electron chi connectivity index (χ4n) is 6.87. The lowest BCUT2D eigenvalue weighted by molar-refractivity contribution is -0.141. The molecule has 0 saturated carbocycles. The molecule has 4 fully saturated rings. The summed E-state index contributed by atoms with van der Waals surface area (Å²) in [4.78, 5) is 57.4. The van der Waals surface area contributed by atoms with E-state index in [1.54, 1.807) is 14.7 Å². The predicted octanol–water partition coefficient (Wildman–Crippen LogP) is 5.55. The minimum absolute atomic E-state index is 0.0288. The number of urea groups is 2. The summed E-state index contributed by atoms with van der Waals surface area (Å²) >= 11 is 1.35. The number of cyclic esters (lactones) is 1. The Kier molecular flexibility index (Phi) is 9.16. The number of hydrogen-bond donors (Lipinski definition) is 0. The zero-order chi connectivity index (χ0) is 33.0. The Morgan fingerprint density at radius 2 is 0.875 bits per heavy atom. The van der Waals surface area contributed by atoms with Crippen LogP contribution >= 0.6 is 11.8 Å². The van der Waals surface area contributed by atoms with Crippen molar-refractivity contribution in [3.8, 4) is 0 Å². The fraction of sp³-hybridized carbons (Fsp3) is 0.263. The van der Waals surface area contributed by atoms with Crippen molar-refractivity contribution < 1.29 is 23.9 Å². The maximum atomic E-state index is 13.0. The van der Waals surface area contributed by atoms with Crippen LogP contribution < -0.4 is 0 Å². The van der Waals surface area contributed by atoms with Crippen molar-refractivity contribution in [2.45, 2.75) is 50.3 Å². The molecule has 4 heterocycles. The lowest BCUT2D eigenvalue weighted by Gasteiger charge is -2.22. The highest BCUT2D eigenvalue weighted by Crippen LogP contribution is 2.37. The van der Waals surface area contributed by atoms with Gasteiger partial charge in [0.25, 0.3) is 0 Å². The molecule has 0 bridgehead atoms. The largest absolute Gasteiger partial charge is 0.462 e. The summed E-state index contributed by atoms with van der Waals surface area (Å²) in [5, 5.41) is 0.111. The van der Waals surface area contributed by atoms with Crippen LogP contribution in [0.4, 0.5) is 9.59 Å². The molecule has 4 amide bonds. The van der Waals surface area contributed by atoms with E-state index in [1.807, 2.05) is 126 Å². The summed E-state index contributed by atoms with van der Waals surface area (Å²) in [7, 11) is 0. The molecule has 4 aromatic rings. The third-order valence-electron chi connectivity index (χ3n) is 9.24. The number of ether oxygens (including phenoxy) is 1. The van der Waals surface area contributed by atoms with E-state index in [-0.39, 0.29) is 47.9 Å². The molecule has 4 aliphatic heterocycles. The van der Waals surface area contributed by atoms with E-state index in [1.165, 1.54) is 11.8 Å². The zero-order valence-corrected chi connectivity index (χ0v) is 27.2. The molecular formula is C38H36N4O5S. The van der Waals surface area contributed by atoms with Gasteiger partial charge in [-0.15, -0.1) is 0 Å². The summed E-state index contributed by atoms with van der Waals surface area (Å²) in [6, 6.07) is 38.1. The Morgan fingerprint density at radius 1 is 0.500 bits per heavy atom. The van der Waals surface area contributed by atoms with E-state index in [2.05, 4.69) is 0 Å². The van der Waals surface area contributed by atoms with Gasteiger partial charge in [-0.1, -0.05) is 133 Å². The fourth-order valence-corrected chi connectivity index (χ4v) is 8.02. The van der Waals surface area contributed by atoms with Crippen LogP contribution in [0, 0.1) is 0 Å². The predicted molar refractivity (Wildman–Crippen MR) is 182 cm³/mol. The van der Waals surface area contributed by atoms with Crippen LogP contribution in [-0.2, 0) is 40.5 Å². The quantitative estimate of drug-likeness (QED) is 0.182. The van der Waals surface area contributed by atoms with Crippen LogP contribution in [0.1, 0.15) is 22.3 Å². The molecule has 2 unspecified atom stereocenters. The molecule has 4 aromatic carbocycles. The van der Waals surface area contributed by atoms with Crippen molar-refractivity contribution >= 4 is 34.9 Å². The van der Waals surface area contributed by atoms with Crippen molar-refractivity contribution in [1.29, 1.82) is 0 Å². The molecule has 4 saturated heterocycles. The number of thioether (sulfide) groups is 1. The summed E-state index contributed by atoms with van der Waals surface area (Å²) in [6.45, 7) is 2.22. The number of carbonyl (C=O) groups is 4. The number of fused-ring (bicyclic) bond motifs is 2. The van der Waals surface area contributed by atoms with Crippen molar-refractivity contribution in [3.63, 3.8) is 0 Å². The maximum Gasteiger partial charge on any atom is 0.331 e. The number of carbonyl (C=O) groups excluding carboxylic acids is 4. The minimum Gasteiger partial charge on any atom is -0.462 e. The van der Waals surface area contributed by atoms with Crippen molar-refractivity contribution in [2.75, 3.05) is 12.4 Å². The highest BCUT2D eigenvalue weighted by atomic mass is 32.2. The molecule has 0 N–H and O–H groups in total. The van der Waals surface area contributed by atoms with Crippen molar-refractivity contribution in [1.82, 2.24) is 19.6 Å². The average molecular weight is 661 g/mol. The third-order valence-corrected chi connectivity index (χ3v) is 10.3. The van der Waals surface area contributed by atoms with Gasteiger partial charge in [0.1, 0.15) is 12.6 Å². The molecule has 0 radical (unpaired) electrons. The van der Waals surface area contributed by atoms with Crippen molar-refractivity contribution in [3.05, 3.63) is 144 Å². The Bertz CT molecular complexity index is 1630. The van der Waals surface area contributed by atoms with E-state index in [0.29, 0.717) is 31.9 Å². The topological polar surface area (TPSA) is 90.5 Å². The van der Waals surface area contributed by atoms with Gasteiger partial charge in [-0.2, -0.15) is 0 Å². The van der Waals surface area contributed by atoms with Gasteiger partial charge >= 0.3 is 18.0 Å². The molecule has 0 aromatic heterocycles. The molecule has 9 nitrogen and oxygen atoms in total. The molecule has 0 aliphatic carbocycles. The molecule has 0 spiro atoms. The van der Waals surface area contributed by atoms with Crippen LogP contribution in [0.25, 0.3) is 0 Å². The monoisotopic (exact) mass is 660 g/mol. The molecule has 8 rings (SSSR count). The van der Waals surface area contributed by atoms with Gasteiger partial charge in [0.05, 0.1) is 12.1 Å². The van der Waals surface area contributed by atoms with E-state index < -0.39 is 6.04 Å². The summed E-state index contributed by atoms with van der Waals surface area (Å²) in [5.74, 6) is 0.382. The first kappa shape index (κ1) is 31.5. The van der Waals surface area contributed by atoms with E-state index in [0.717, 1.165) is 22.3 Å². The normalized spacial score (nSPS) is 22.8. The smallest absolute Gasteiger partial charge is 0.331 e. The van der Waals surface area contributed by atoms with E-state index in [4.69, 9.17) is 4.74 Å². The molecule has 4 aliphatic rings. The zero-order valence-electron chi connectivity index (χ0n) is 26.3. The first-order valence-corrected chi connectivity index (χ1v) is 17.1. The summed E-state index contributed by atoms with van der Waals surface area (Å²) in [5.41, 5.74) is 4.20. The molecule has 10 heteroatoms. The van der Waals surface area contributed by atoms with Crippen LogP contribution in [0.15, 0.2) is 121 Å². The number of amides is 4. The van der Waals surface area contributed by atoms with E-state index >= 15 is 0 Å². The molecule has 48 heavy (non-hydrogen) atoms. The number of nitrogens with zero attached hydrogens (tertiary/aromatic N) is 4. The third kappa shape index (κ3) is 6.40. The van der Waals surface area contributed by atoms with Gasteiger partial charge < -0.3 is 24.3 Å². The Labute approximate surface area is 284 Å². The number of benzene rings is 4. The number of esters is 1. The highest BCUT2D eigenvalue weighted by molar-refractivity contribution is 8.14. The van der Waals surface area contributed by atoms with Gasteiger partial charge in [0.15, 0.2) is 6.04 Å². The SMILES string of the molecule is O=C1OCC2[C@@H]1N(Cc1ccccc1)C(=O)N2Cc1ccccc1.O=C1SCC2[C@@H]1N(Cc1ccccc1)C(=O)N2Cc1ccccc1. The maximum absolute atomic E-state index is 13.0. The first-order valence-electron chi connectivity index (χ1n) is 16.1. The van der Waals surface area contributed by atoms with Crippen LogP contribution in [0.3, 0.4) is 0 Å². The average Bonchev–Trinajstić information content (AvgIpc) is 3.83. The van der Waals surface area contributed by atoms with Crippen LogP contribution in [0.5, 0.6) is 0 Å². The molecule has 4 atom stereocenters. The Hall–Kier alpha value is -5.09. The minimum atomic E-state index is -0.513. The summed E-state index contributed by atoms with van der Waals surface area (Å²) in [6.07, 6.45) is 0. The number of hydrogen-bond acceptors (Lipinski definition) is 6. The lowest BCUT2D eigenvalue weighted by atomic mass is 10.1. The van der Waals surface area contributed by atoms with Crippen LogP contribution in [-0.4, -0.2) is 79.3 Å². The van der Waals surface area contributed by atoms with Gasteiger partial charge in [-0.25, -0.2) is 14.4 Å². The lowest BCUT2D eigenvalue weighted by Crippen LogP contribution is -2.38. The Balaban J connectivity index is 0.000000152. The standard InChI is InChI=1S/C19H18N2O3.C19H18N2O2S/c2*22-18-17-16(13-24-18)20(11-14-7-3-1-4-8-14)19(23)21(17)12-15-9-5-2-6-10-15/h2*1-10,16-17H,11-13H2/t2*16?,17-/m00/s1. The second kappa shape index (κ2) is 13.9. The van der Waals surface area contributed by atoms with Gasteiger partial charge in [-0.3, -0.25) is 4.79 Å². The van der Waals surface area contributed by atoms with Gasteiger partial charge in [-0.05, 0) is 22.3 Å².